The van der Waals surface area contributed by atoms with E-state index in [1.54, 1.807) is 20.8 Å². The topological polar surface area (TPSA) is 105 Å². The number of amides is 2. The molecule has 0 heterocycles. The lowest BCUT2D eigenvalue weighted by Crippen LogP contribution is -2.34. The Kier molecular flexibility index (Phi) is 8.72. The maximum atomic E-state index is 15.0. The maximum absolute atomic E-state index is 15.0. The molecule has 2 amide bonds. The number of hydrogen-bond acceptors (Lipinski definition) is 5. The number of anilines is 1. The molecule has 0 bridgehead atoms. The van der Waals surface area contributed by atoms with Crippen LogP contribution < -0.4 is 5.32 Å². The molecule has 8 nitrogen and oxygen atoms in total. The van der Waals surface area contributed by atoms with Gasteiger partial charge in [0, 0.05) is 24.4 Å². The van der Waals surface area contributed by atoms with Crippen molar-refractivity contribution < 1.29 is 33.4 Å². The molecular formula is C31H33FN2O6. The Morgan fingerprint density at radius 3 is 2.17 bits per heavy atom. The van der Waals surface area contributed by atoms with Crippen molar-refractivity contribution >= 4 is 23.8 Å². The third kappa shape index (κ3) is 6.97. The fourth-order valence-electron chi connectivity index (χ4n) is 4.78. The van der Waals surface area contributed by atoms with Crippen LogP contribution in [0.2, 0.25) is 0 Å². The van der Waals surface area contributed by atoms with Crippen LogP contribution in [0.25, 0.3) is 11.1 Å². The number of carbonyl (C=O) groups excluding carboxylic acids is 2. The number of nitrogens with zero attached hydrogens (tertiary/aromatic N) is 1. The van der Waals surface area contributed by atoms with Gasteiger partial charge in [-0.2, -0.15) is 0 Å². The van der Waals surface area contributed by atoms with Gasteiger partial charge in [0.05, 0.1) is 12.2 Å². The van der Waals surface area contributed by atoms with Gasteiger partial charge in [-0.3, -0.25) is 10.1 Å². The predicted octanol–water partition coefficient (Wildman–Crippen LogP) is 6.79. The summed E-state index contributed by atoms with van der Waals surface area (Å²) >= 11 is 0. The van der Waals surface area contributed by atoms with Crippen LogP contribution in [-0.2, 0) is 20.8 Å². The van der Waals surface area contributed by atoms with Gasteiger partial charge in [0.1, 0.15) is 18.0 Å². The summed E-state index contributed by atoms with van der Waals surface area (Å²) in [5, 5.41) is 11.7. The van der Waals surface area contributed by atoms with E-state index in [4.69, 9.17) is 14.6 Å². The molecule has 3 aromatic rings. The van der Waals surface area contributed by atoms with E-state index in [2.05, 4.69) is 5.32 Å². The van der Waals surface area contributed by atoms with Crippen LogP contribution in [0.5, 0.6) is 0 Å². The van der Waals surface area contributed by atoms with E-state index in [1.165, 1.54) is 23.1 Å². The maximum Gasteiger partial charge on any atom is 0.412 e. The SMILES string of the molecule is CC(C)(C)OC(=O)Nc1cccc(F)c1CN(CCCC(=O)O)C(=O)OCC1c2ccccc2-c2ccccc21. The number of fused-ring (bicyclic) bond motifs is 3. The van der Waals surface area contributed by atoms with Gasteiger partial charge < -0.3 is 19.5 Å². The van der Waals surface area contributed by atoms with Gasteiger partial charge in [0.25, 0.3) is 0 Å². The summed E-state index contributed by atoms with van der Waals surface area (Å²) in [5.41, 5.74) is 3.70. The Hall–Kier alpha value is -4.40. The van der Waals surface area contributed by atoms with Gasteiger partial charge in [-0.1, -0.05) is 54.6 Å². The number of ether oxygens (including phenoxy) is 2. The third-order valence-corrected chi connectivity index (χ3v) is 6.52. The van der Waals surface area contributed by atoms with Crippen molar-refractivity contribution in [2.75, 3.05) is 18.5 Å². The molecule has 0 fully saturated rings. The molecule has 210 valence electrons. The molecule has 2 N–H and O–H groups in total. The summed E-state index contributed by atoms with van der Waals surface area (Å²) in [5.74, 6) is -1.82. The van der Waals surface area contributed by atoms with Crippen molar-refractivity contribution in [1.82, 2.24) is 4.90 Å². The minimum absolute atomic E-state index is 0.0170. The standard InChI is InChI=1S/C31H33FN2O6/c1-31(2,3)40-29(37)33-27-15-8-14-26(32)24(27)18-34(17-9-16-28(35)36)30(38)39-19-25-22-12-6-4-10-20(22)21-11-5-7-13-23(21)25/h4-8,10-15,25H,9,16-19H2,1-3H3,(H,33,37)(H,35,36). The minimum atomic E-state index is -1.01. The number of carboxylic acids is 1. The molecule has 1 aliphatic rings. The Morgan fingerprint density at radius 1 is 0.950 bits per heavy atom. The van der Waals surface area contributed by atoms with E-state index < -0.39 is 29.6 Å². The van der Waals surface area contributed by atoms with E-state index in [1.807, 2.05) is 48.5 Å². The fraction of sp³-hybridized carbons (Fsp3) is 0.323. The summed E-state index contributed by atoms with van der Waals surface area (Å²) < 4.78 is 26.1. The second kappa shape index (κ2) is 12.2. The van der Waals surface area contributed by atoms with Crippen LogP contribution in [0.1, 0.15) is 56.2 Å². The molecule has 3 aromatic carbocycles. The summed E-state index contributed by atoms with van der Waals surface area (Å²) in [7, 11) is 0. The molecule has 0 radical (unpaired) electrons. The van der Waals surface area contributed by atoms with Crippen LogP contribution >= 0.6 is 0 Å². The number of halogens is 1. The van der Waals surface area contributed by atoms with E-state index in [0.717, 1.165) is 22.3 Å². The average Bonchev–Trinajstić information content (AvgIpc) is 3.20. The fourth-order valence-corrected chi connectivity index (χ4v) is 4.78. The largest absolute Gasteiger partial charge is 0.481 e. The van der Waals surface area contributed by atoms with Crippen LogP contribution in [0.15, 0.2) is 66.7 Å². The number of benzene rings is 3. The summed E-state index contributed by atoms with van der Waals surface area (Å²) in [6.45, 7) is 4.96. The van der Waals surface area contributed by atoms with Gasteiger partial charge in [-0.05, 0) is 61.6 Å². The summed E-state index contributed by atoms with van der Waals surface area (Å²) in [6, 6.07) is 20.1. The Balaban J connectivity index is 1.53. The first-order chi connectivity index (χ1) is 19.0. The highest BCUT2D eigenvalue weighted by atomic mass is 19.1. The Labute approximate surface area is 232 Å². The van der Waals surface area contributed by atoms with E-state index in [-0.39, 0.29) is 49.7 Å². The second-order valence-electron chi connectivity index (χ2n) is 10.6. The zero-order chi connectivity index (χ0) is 28.9. The molecule has 4 rings (SSSR count). The molecule has 40 heavy (non-hydrogen) atoms. The van der Waals surface area contributed by atoms with Crippen molar-refractivity contribution in [1.29, 1.82) is 0 Å². The molecule has 0 unspecified atom stereocenters. The molecule has 9 heteroatoms. The Bertz CT molecular complexity index is 1360. The molecule has 0 spiro atoms. The molecule has 0 saturated carbocycles. The zero-order valence-corrected chi connectivity index (χ0v) is 22.8. The number of hydrogen-bond donors (Lipinski definition) is 2. The molecule has 0 aliphatic heterocycles. The van der Waals surface area contributed by atoms with Crippen molar-refractivity contribution in [3.8, 4) is 11.1 Å². The van der Waals surface area contributed by atoms with E-state index >= 15 is 4.39 Å². The molecule has 0 aromatic heterocycles. The number of rotatable bonds is 9. The minimum Gasteiger partial charge on any atom is -0.481 e. The van der Waals surface area contributed by atoms with Gasteiger partial charge in [0.2, 0.25) is 0 Å². The molecule has 0 atom stereocenters. The highest BCUT2D eigenvalue weighted by molar-refractivity contribution is 5.86. The molecular weight excluding hydrogens is 515 g/mol. The van der Waals surface area contributed by atoms with Gasteiger partial charge in [-0.15, -0.1) is 0 Å². The zero-order valence-electron chi connectivity index (χ0n) is 22.8. The Morgan fingerprint density at radius 2 is 1.57 bits per heavy atom. The number of carboxylic acid groups (broad SMARTS) is 1. The van der Waals surface area contributed by atoms with Gasteiger partial charge in [0.15, 0.2) is 0 Å². The van der Waals surface area contributed by atoms with Crippen molar-refractivity contribution in [2.45, 2.75) is 51.7 Å². The first-order valence-electron chi connectivity index (χ1n) is 13.1. The predicted molar refractivity (Wildman–Crippen MR) is 149 cm³/mol. The lowest BCUT2D eigenvalue weighted by molar-refractivity contribution is -0.137. The average molecular weight is 549 g/mol. The molecule has 1 aliphatic carbocycles. The lowest BCUT2D eigenvalue weighted by Gasteiger charge is -2.25. The first-order valence-corrected chi connectivity index (χ1v) is 13.1. The van der Waals surface area contributed by atoms with Crippen molar-refractivity contribution in [3.63, 3.8) is 0 Å². The second-order valence-corrected chi connectivity index (χ2v) is 10.6. The first kappa shape index (κ1) is 28.6. The number of carbonyl (C=O) groups is 3. The third-order valence-electron chi connectivity index (χ3n) is 6.52. The van der Waals surface area contributed by atoms with E-state index in [0.29, 0.717) is 0 Å². The quantitative estimate of drug-likeness (QED) is 0.305. The van der Waals surface area contributed by atoms with Crippen LogP contribution in [-0.4, -0.2) is 46.9 Å². The van der Waals surface area contributed by atoms with Crippen LogP contribution in [0, 0.1) is 5.82 Å². The highest BCUT2D eigenvalue weighted by Crippen LogP contribution is 2.44. The number of aliphatic carboxylic acids is 1. The van der Waals surface area contributed by atoms with Crippen LogP contribution in [0.3, 0.4) is 0 Å². The van der Waals surface area contributed by atoms with E-state index in [9.17, 15) is 14.4 Å². The number of nitrogens with one attached hydrogen (secondary N) is 1. The van der Waals surface area contributed by atoms with Gasteiger partial charge >= 0.3 is 18.2 Å². The summed E-state index contributed by atoms with van der Waals surface area (Å²) in [6.07, 6.45) is -1.51. The van der Waals surface area contributed by atoms with Crippen molar-refractivity contribution in [2.24, 2.45) is 0 Å². The lowest BCUT2D eigenvalue weighted by atomic mass is 9.98. The smallest absolute Gasteiger partial charge is 0.412 e. The normalized spacial score (nSPS) is 12.3. The van der Waals surface area contributed by atoms with Crippen LogP contribution in [0.4, 0.5) is 19.7 Å². The highest BCUT2D eigenvalue weighted by Gasteiger charge is 2.30. The summed E-state index contributed by atoms with van der Waals surface area (Å²) in [4.78, 5) is 38.1. The van der Waals surface area contributed by atoms with Gasteiger partial charge in [-0.25, -0.2) is 14.0 Å². The molecule has 0 saturated heterocycles. The van der Waals surface area contributed by atoms with Crippen molar-refractivity contribution in [3.05, 3.63) is 89.2 Å². The monoisotopic (exact) mass is 548 g/mol.